The third-order valence-electron chi connectivity index (χ3n) is 3.18. The molecule has 0 unspecified atom stereocenters. The molecular weight excluding hydrogens is 294 g/mol. The quantitative estimate of drug-likeness (QED) is 0.774. The van der Waals surface area contributed by atoms with Crippen molar-refractivity contribution in [2.75, 3.05) is 5.32 Å². The number of primary amides is 1. The molecule has 3 aromatic rings. The van der Waals surface area contributed by atoms with Crippen LogP contribution in [0.2, 0.25) is 0 Å². The molecule has 2 amide bonds. The van der Waals surface area contributed by atoms with E-state index in [1.807, 2.05) is 30.3 Å². The summed E-state index contributed by atoms with van der Waals surface area (Å²) in [6.45, 7) is 0. The molecule has 0 aliphatic carbocycles. The van der Waals surface area contributed by atoms with Crippen molar-refractivity contribution < 1.29 is 14.0 Å². The van der Waals surface area contributed by atoms with E-state index < -0.39 is 11.8 Å². The van der Waals surface area contributed by atoms with Crippen molar-refractivity contribution >= 4 is 17.5 Å². The van der Waals surface area contributed by atoms with Crippen LogP contribution in [0.25, 0.3) is 11.5 Å². The SMILES string of the molecule is NC(=O)c1ccc(NC(=O)c2cnc(-c3ccccc3)o2)cc1. The number of benzene rings is 2. The van der Waals surface area contributed by atoms with Gasteiger partial charge in [0.25, 0.3) is 5.91 Å². The van der Waals surface area contributed by atoms with Gasteiger partial charge in [-0.3, -0.25) is 9.59 Å². The first-order valence-corrected chi connectivity index (χ1v) is 6.86. The van der Waals surface area contributed by atoms with Gasteiger partial charge in [-0.25, -0.2) is 4.98 Å². The Morgan fingerprint density at radius 3 is 2.35 bits per heavy atom. The van der Waals surface area contributed by atoms with Gasteiger partial charge in [-0.1, -0.05) is 18.2 Å². The second-order valence-electron chi connectivity index (χ2n) is 4.79. The molecule has 23 heavy (non-hydrogen) atoms. The lowest BCUT2D eigenvalue weighted by Crippen LogP contribution is -2.13. The molecule has 0 bridgehead atoms. The van der Waals surface area contributed by atoms with E-state index in [0.717, 1.165) is 5.56 Å². The van der Waals surface area contributed by atoms with Gasteiger partial charge in [0.05, 0.1) is 6.20 Å². The van der Waals surface area contributed by atoms with Crippen LogP contribution in [0, 0.1) is 0 Å². The number of oxazole rings is 1. The molecule has 0 aliphatic heterocycles. The van der Waals surface area contributed by atoms with Crippen LogP contribution in [0.4, 0.5) is 5.69 Å². The Morgan fingerprint density at radius 1 is 1.00 bits per heavy atom. The summed E-state index contributed by atoms with van der Waals surface area (Å²) in [4.78, 5) is 27.2. The Morgan fingerprint density at radius 2 is 1.70 bits per heavy atom. The van der Waals surface area contributed by atoms with Gasteiger partial charge in [-0.05, 0) is 36.4 Å². The average Bonchev–Trinajstić information content (AvgIpc) is 3.06. The zero-order chi connectivity index (χ0) is 16.2. The number of anilines is 1. The van der Waals surface area contributed by atoms with E-state index in [9.17, 15) is 9.59 Å². The van der Waals surface area contributed by atoms with Crippen molar-refractivity contribution in [3.8, 4) is 11.5 Å². The lowest BCUT2D eigenvalue weighted by Gasteiger charge is -2.03. The van der Waals surface area contributed by atoms with Crippen molar-refractivity contribution in [1.82, 2.24) is 4.98 Å². The minimum absolute atomic E-state index is 0.0998. The van der Waals surface area contributed by atoms with Crippen LogP contribution < -0.4 is 11.1 Å². The maximum absolute atomic E-state index is 12.1. The fourth-order valence-electron chi connectivity index (χ4n) is 2.00. The number of hydrogen-bond acceptors (Lipinski definition) is 4. The molecule has 3 rings (SSSR count). The summed E-state index contributed by atoms with van der Waals surface area (Å²) in [5.74, 6) is -0.472. The van der Waals surface area contributed by atoms with E-state index in [1.54, 1.807) is 12.1 Å². The second kappa shape index (κ2) is 6.15. The van der Waals surface area contributed by atoms with Gasteiger partial charge in [0.2, 0.25) is 17.6 Å². The minimum Gasteiger partial charge on any atom is -0.431 e. The van der Waals surface area contributed by atoms with Gasteiger partial charge in [-0.2, -0.15) is 0 Å². The molecule has 0 saturated carbocycles. The highest BCUT2D eigenvalue weighted by atomic mass is 16.4. The summed E-state index contributed by atoms with van der Waals surface area (Å²) in [5.41, 5.74) is 6.85. The Labute approximate surface area is 132 Å². The molecule has 0 atom stereocenters. The predicted octanol–water partition coefficient (Wildman–Crippen LogP) is 2.69. The lowest BCUT2D eigenvalue weighted by molar-refractivity contribution is 0.0992. The summed E-state index contributed by atoms with van der Waals surface area (Å²) in [6.07, 6.45) is 1.37. The summed E-state index contributed by atoms with van der Waals surface area (Å²) < 4.78 is 5.47. The summed E-state index contributed by atoms with van der Waals surface area (Å²) in [5, 5.41) is 2.66. The average molecular weight is 307 g/mol. The first-order valence-electron chi connectivity index (χ1n) is 6.86. The van der Waals surface area contributed by atoms with Crippen LogP contribution in [0.15, 0.2) is 65.2 Å². The van der Waals surface area contributed by atoms with Crippen molar-refractivity contribution in [2.45, 2.75) is 0 Å². The third kappa shape index (κ3) is 3.26. The van der Waals surface area contributed by atoms with Crippen LogP contribution in [-0.4, -0.2) is 16.8 Å². The number of carbonyl (C=O) groups excluding carboxylic acids is 2. The van der Waals surface area contributed by atoms with E-state index in [-0.39, 0.29) is 5.76 Å². The van der Waals surface area contributed by atoms with E-state index in [0.29, 0.717) is 17.1 Å². The van der Waals surface area contributed by atoms with E-state index >= 15 is 0 Å². The van der Waals surface area contributed by atoms with E-state index in [1.165, 1.54) is 18.3 Å². The highest BCUT2D eigenvalue weighted by Gasteiger charge is 2.14. The van der Waals surface area contributed by atoms with Gasteiger partial charge in [-0.15, -0.1) is 0 Å². The van der Waals surface area contributed by atoms with Crippen LogP contribution >= 0.6 is 0 Å². The summed E-state index contributed by atoms with van der Waals surface area (Å²) in [6, 6.07) is 15.5. The van der Waals surface area contributed by atoms with Crippen LogP contribution in [-0.2, 0) is 0 Å². The Balaban J connectivity index is 1.74. The molecule has 1 aromatic heterocycles. The van der Waals surface area contributed by atoms with Crippen LogP contribution in [0.3, 0.4) is 0 Å². The third-order valence-corrected chi connectivity index (χ3v) is 3.18. The number of nitrogens with two attached hydrogens (primary N) is 1. The monoisotopic (exact) mass is 307 g/mol. The molecule has 6 nitrogen and oxygen atoms in total. The molecule has 6 heteroatoms. The molecule has 3 N–H and O–H groups in total. The Hall–Kier alpha value is -3.41. The molecule has 114 valence electrons. The number of rotatable bonds is 4. The highest BCUT2D eigenvalue weighted by Crippen LogP contribution is 2.19. The molecule has 0 saturated heterocycles. The fraction of sp³-hybridized carbons (Fsp3) is 0. The van der Waals surface area contributed by atoms with Crippen molar-refractivity contribution in [1.29, 1.82) is 0 Å². The van der Waals surface area contributed by atoms with Gasteiger partial charge in [0.1, 0.15) is 0 Å². The second-order valence-corrected chi connectivity index (χ2v) is 4.79. The summed E-state index contributed by atoms with van der Waals surface area (Å²) in [7, 11) is 0. The van der Waals surface area contributed by atoms with E-state index in [4.69, 9.17) is 10.2 Å². The first kappa shape index (κ1) is 14.5. The summed E-state index contributed by atoms with van der Waals surface area (Å²) >= 11 is 0. The minimum atomic E-state index is -0.523. The largest absolute Gasteiger partial charge is 0.431 e. The van der Waals surface area contributed by atoms with Crippen LogP contribution in [0.5, 0.6) is 0 Å². The van der Waals surface area contributed by atoms with Gasteiger partial charge in [0.15, 0.2) is 0 Å². The van der Waals surface area contributed by atoms with Crippen LogP contribution in [0.1, 0.15) is 20.9 Å². The van der Waals surface area contributed by atoms with Gasteiger partial charge in [0, 0.05) is 16.8 Å². The lowest BCUT2D eigenvalue weighted by atomic mass is 10.2. The van der Waals surface area contributed by atoms with Gasteiger partial charge < -0.3 is 15.5 Å². The van der Waals surface area contributed by atoms with E-state index in [2.05, 4.69) is 10.3 Å². The van der Waals surface area contributed by atoms with Gasteiger partial charge >= 0.3 is 0 Å². The van der Waals surface area contributed by atoms with Crippen molar-refractivity contribution in [3.05, 3.63) is 72.1 Å². The molecule has 2 aromatic carbocycles. The zero-order valence-corrected chi connectivity index (χ0v) is 12.0. The topological polar surface area (TPSA) is 98.2 Å². The Bertz CT molecular complexity index is 839. The number of nitrogens with zero attached hydrogens (tertiary/aromatic N) is 1. The molecule has 0 spiro atoms. The maximum atomic E-state index is 12.1. The first-order chi connectivity index (χ1) is 11.1. The molecular formula is C17H13N3O3. The van der Waals surface area contributed by atoms with Crippen molar-refractivity contribution in [3.63, 3.8) is 0 Å². The molecule has 0 fully saturated rings. The fourth-order valence-corrected chi connectivity index (χ4v) is 2.00. The Kier molecular flexibility index (Phi) is 3.88. The number of aromatic nitrogens is 1. The molecule has 1 heterocycles. The maximum Gasteiger partial charge on any atom is 0.293 e. The highest BCUT2D eigenvalue weighted by molar-refractivity contribution is 6.02. The number of nitrogens with one attached hydrogen (secondary N) is 1. The molecule has 0 aliphatic rings. The number of amides is 2. The standard InChI is InChI=1S/C17H13N3O3/c18-15(21)11-6-8-13(9-7-11)20-16(22)14-10-19-17(23-14)12-4-2-1-3-5-12/h1-10H,(H2,18,21)(H,20,22). The smallest absolute Gasteiger partial charge is 0.293 e. The normalized spacial score (nSPS) is 10.3. The predicted molar refractivity (Wildman–Crippen MR) is 84.9 cm³/mol. The number of carbonyl (C=O) groups is 2. The van der Waals surface area contributed by atoms with Crippen molar-refractivity contribution in [2.24, 2.45) is 5.73 Å². The number of hydrogen-bond donors (Lipinski definition) is 2. The zero-order valence-electron chi connectivity index (χ0n) is 12.0. The molecule has 0 radical (unpaired) electrons.